The van der Waals surface area contributed by atoms with Crippen molar-refractivity contribution in [2.75, 3.05) is 13.1 Å². The summed E-state index contributed by atoms with van der Waals surface area (Å²) < 4.78 is 0. The average Bonchev–Trinajstić information content (AvgIpc) is 2.38. The number of nitrogens with zero attached hydrogens (tertiary/aromatic N) is 1. The molecule has 5 heteroatoms. The van der Waals surface area contributed by atoms with E-state index < -0.39 is 23.4 Å². The van der Waals surface area contributed by atoms with Gasteiger partial charge in [-0.15, -0.1) is 0 Å². The van der Waals surface area contributed by atoms with Crippen molar-refractivity contribution in [1.29, 1.82) is 0 Å². The van der Waals surface area contributed by atoms with Crippen LogP contribution in [-0.2, 0) is 9.59 Å². The molecule has 2 N–H and O–H groups in total. The predicted molar refractivity (Wildman–Crippen MR) is 69.4 cm³/mol. The van der Waals surface area contributed by atoms with Crippen LogP contribution >= 0.6 is 0 Å². The molecule has 2 aliphatic rings. The molecule has 2 atom stereocenters. The number of amides is 1. The van der Waals surface area contributed by atoms with Gasteiger partial charge < -0.3 is 15.1 Å². The van der Waals surface area contributed by atoms with Gasteiger partial charge >= 0.3 is 5.97 Å². The van der Waals surface area contributed by atoms with Gasteiger partial charge in [0.15, 0.2) is 0 Å². The second kappa shape index (κ2) is 5.33. The van der Waals surface area contributed by atoms with E-state index in [0.717, 1.165) is 0 Å². The second-order valence-corrected chi connectivity index (χ2v) is 5.82. The van der Waals surface area contributed by atoms with Gasteiger partial charge in [0.25, 0.3) is 0 Å². The highest BCUT2D eigenvalue weighted by atomic mass is 16.4. The van der Waals surface area contributed by atoms with Crippen LogP contribution in [0.4, 0.5) is 0 Å². The molecule has 1 amide bonds. The first-order chi connectivity index (χ1) is 8.91. The van der Waals surface area contributed by atoms with Crippen molar-refractivity contribution in [2.24, 2.45) is 11.8 Å². The third-order valence-corrected chi connectivity index (χ3v) is 4.22. The van der Waals surface area contributed by atoms with Crippen molar-refractivity contribution in [1.82, 2.24) is 4.90 Å². The zero-order chi connectivity index (χ0) is 14.0. The Hall–Kier alpha value is -1.36. The van der Waals surface area contributed by atoms with E-state index in [1.54, 1.807) is 11.8 Å². The molecule has 106 valence electrons. The predicted octanol–water partition coefficient (Wildman–Crippen LogP) is 1.03. The lowest BCUT2D eigenvalue weighted by Crippen LogP contribution is -2.49. The van der Waals surface area contributed by atoms with Crippen LogP contribution in [0, 0.1) is 11.8 Å². The molecule has 0 spiro atoms. The summed E-state index contributed by atoms with van der Waals surface area (Å²) in [7, 11) is 0. The lowest BCUT2D eigenvalue weighted by Gasteiger charge is -2.38. The SMILES string of the molecule is CC1(O)CCN(C(=O)[C@@H]2CC=CC[C@@H]2C(=O)O)CC1. The Balaban J connectivity index is 2.03. The van der Waals surface area contributed by atoms with E-state index in [-0.39, 0.29) is 5.91 Å². The van der Waals surface area contributed by atoms with Crippen LogP contribution in [0.5, 0.6) is 0 Å². The van der Waals surface area contributed by atoms with Crippen molar-refractivity contribution in [3.05, 3.63) is 12.2 Å². The number of carbonyl (C=O) groups is 2. The number of allylic oxidation sites excluding steroid dienone is 2. The highest BCUT2D eigenvalue weighted by molar-refractivity contribution is 5.85. The largest absolute Gasteiger partial charge is 0.481 e. The Morgan fingerprint density at radius 1 is 1.16 bits per heavy atom. The van der Waals surface area contributed by atoms with Crippen molar-refractivity contribution in [2.45, 2.75) is 38.2 Å². The summed E-state index contributed by atoms with van der Waals surface area (Å²) in [5, 5.41) is 19.1. The van der Waals surface area contributed by atoms with Crippen LogP contribution in [0.25, 0.3) is 0 Å². The number of aliphatic hydroxyl groups is 1. The normalized spacial score (nSPS) is 30.1. The van der Waals surface area contributed by atoms with Crippen LogP contribution in [0.15, 0.2) is 12.2 Å². The van der Waals surface area contributed by atoms with E-state index in [1.165, 1.54) is 0 Å². The maximum Gasteiger partial charge on any atom is 0.307 e. The molecule has 1 heterocycles. The monoisotopic (exact) mass is 267 g/mol. The van der Waals surface area contributed by atoms with E-state index in [2.05, 4.69) is 0 Å². The Labute approximate surface area is 112 Å². The minimum atomic E-state index is -0.897. The summed E-state index contributed by atoms with van der Waals surface area (Å²) in [5.74, 6) is -2.04. The molecular weight excluding hydrogens is 246 g/mol. The third kappa shape index (κ3) is 3.15. The number of carbonyl (C=O) groups excluding carboxylic acids is 1. The maximum atomic E-state index is 12.4. The fourth-order valence-electron chi connectivity index (χ4n) is 2.80. The van der Waals surface area contributed by atoms with E-state index in [9.17, 15) is 19.8 Å². The molecule has 0 bridgehead atoms. The third-order valence-electron chi connectivity index (χ3n) is 4.22. The number of aliphatic carboxylic acids is 1. The standard InChI is InChI=1S/C14H21NO4/c1-14(19)6-8-15(9-7-14)12(16)10-4-2-3-5-11(10)13(17)18/h2-3,10-11,19H,4-9H2,1H3,(H,17,18)/t10-,11+/m1/s1. The molecule has 0 aromatic rings. The first-order valence-electron chi connectivity index (χ1n) is 6.80. The Kier molecular flexibility index (Phi) is 3.94. The van der Waals surface area contributed by atoms with Gasteiger partial charge in [-0.1, -0.05) is 12.2 Å². The fraction of sp³-hybridized carbons (Fsp3) is 0.714. The number of carboxylic acids is 1. The average molecular weight is 267 g/mol. The minimum Gasteiger partial charge on any atom is -0.481 e. The number of likely N-dealkylation sites (tertiary alicyclic amines) is 1. The summed E-state index contributed by atoms with van der Waals surface area (Å²) in [6.45, 7) is 2.80. The van der Waals surface area contributed by atoms with Crippen LogP contribution in [0.1, 0.15) is 32.6 Å². The Bertz CT molecular complexity index is 392. The Morgan fingerprint density at radius 3 is 2.21 bits per heavy atom. The van der Waals surface area contributed by atoms with Crippen molar-refractivity contribution in [3.63, 3.8) is 0 Å². The fourth-order valence-corrected chi connectivity index (χ4v) is 2.80. The molecule has 1 fully saturated rings. The van der Waals surface area contributed by atoms with Gasteiger partial charge in [-0.2, -0.15) is 0 Å². The molecule has 5 nitrogen and oxygen atoms in total. The lowest BCUT2D eigenvalue weighted by atomic mass is 9.81. The number of rotatable bonds is 2. The van der Waals surface area contributed by atoms with Crippen LogP contribution in [0.2, 0.25) is 0 Å². The van der Waals surface area contributed by atoms with Crippen molar-refractivity contribution in [3.8, 4) is 0 Å². The van der Waals surface area contributed by atoms with Crippen molar-refractivity contribution >= 4 is 11.9 Å². The van der Waals surface area contributed by atoms with Crippen molar-refractivity contribution < 1.29 is 19.8 Å². The number of hydrogen-bond acceptors (Lipinski definition) is 3. The number of hydrogen-bond donors (Lipinski definition) is 2. The first-order valence-corrected chi connectivity index (χ1v) is 6.80. The van der Waals surface area contributed by atoms with E-state index in [1.807, 2.05) is 12.2 Å². The molecule has 0 aromatic heterocycles. The molecule has 1 aliphatic carbocycles. The van der Waals surface area contributed by atoms with Gasteiger partial charge in [-0.3, -0.25) is 9.59 Å². The van der Waals surface area contributed by atoms with E-state index >= 15 is 0 Å². The van der Waals surface area contributed by atoms with Gasteiger partial charge in [0.05, 0.1) is 17.4 Å². The van der Waals surface area contributed by atoms with Gasteiger partial charge in [0.2, 0.25) is 5.91 Å². The maximum absolute atomic E-state index is 12.4. The lowest BCUT2D eigenvalue weighted by molar-refractivity contribution is -0.152. The van der Waals surface area contributed by atoms with E-state index in [0.29, 0.717) is 38.8 Å². The summed E-state index contributed by atoms with van der Waals surface area (Å²) in [6, 6.07) is 0. The molecule has 0 radical (unpaired) electrons. The van der Waals surface area contributed by atoms with E-state index in [4.69, 9.17) is 0 Å². The molecule has 0 unspecified atom stereocenters. The molecule has 19 heavy (non-hydrogen) atoms. The zero-order valence-electron chi connectivity index (χ0n) is 11.2. The molecule has 1 aliphatic heterocycles. The highest BCUT2D eigenvalue weighted by Gasteiger charge is 2.38. The van der Waals surface area contributed by atoms with Crippen LogP contribution < -0.4 is 0 Å². The zero-order valence-corrected chi connectivity index (χ0v) is 11.2. The topological polar surface area (TPSA) is 77.8 Å². The molecule has 0 saturated carbocycles. The van der Waals surface area contributed by atoms with Gasteiger partial charge in [0.1, 0.15) is 0 Å². The number of carboxylic acid groups (broad SMARTS) is 1. The first kappa shape index (κ1) is 14.1. The van der Waals surface area contributed by atoms with Gasteiger partial charge in [0, 0.05) is 13.1 Å². The highest BCUT2D eigenvalue weighted by Crippen LogP contribution is 2.30. The summed E-state index contributed by atoms with van der Waals surface area (Å²) in [5.41, 5.74) is -0.699. The second-order valence-electron chi connectivity index (χ2n) is 5.82. The molecule has 2 rings (SSSR count). The quantitative estimate of drug-likeness (QED) is 0.732. The molecule has 0 aromatic carbocycles. The number of piperidine rings is 1. The summed E-state index contributed by atoms with van der Waals surface area (Å²) in [6.07, 6.45) is 5.77. The minimum absolute atomic E-state index is 0.0766. The van der Waals surface area contributed by atoms with Crippen LogP contribution in [0.3, 0.4) is 0 Å². The molecular formula is C14H21NO4. The molecule has 1 saturated heterocycles. The van der Waals surface area contributed by atoms with Crippen LogP contribution in [-0.4, -0.2) is 45.7 Å². The van der Waals surface area contributed by atoms with Gasteiger partial charge in [-0.25, -0.2) is 0 Å². The summed E-state index contributed by atoms with van der Waals surface area (Å²) in [4.78, 5) is 25.3. The smallest absolute Gasteiger partial charge is 0.307 e. The van der Waals surface area contributed by atoms with Gasteiger partial charge in [-0.05, 0) is 32.6 Å². The Morgan fingerprint density at radius 2 is 1.68 bits per heavy atom. The summed E-state index contributed by atoms with van der Waals surface area (Å²) >= 11 is 0.